The van der Waals surface area contributed by atoms with Gasteiger partial charge >= 0.3 is 0 Å². The topological polar surface area (TPSA) is 47.7 Å². The first-order chi connectivity index (χ1) is 9.28. The largest absolute Gasteiger partial charge is 0.493 e. The van der Waals surface area contributed by atoms with Crippen LogP contribution in [0.15, 0.2) is 18.2 Å². The van der Waals surface area contributed by atoms with Crippen molar-refractivity contribution in [3.63, 3.8) is 0 Å². The molecule has 2 atom stereocenters. The summed E-state index contributed by atoms with van der Waals surface area (Å²) in [5.41, 5.74) is 8.82. The van der Waals surface area contributed by atoms with E-state index in [-0.39, 0.29) is 12.1 Å². The summed E-state index contributed by atoms with van der Waals surface area (Å²) in [5.74, 6) is 1.01. The van der Waals surface area contributed by atoms with E-state index in [0.717, 1.165) is 50.6 Å². The summed E-state index contributed by atoms with van der Waals surface area (Å²) in [5, 5.41) is 0. The highest BCUT2D eigenvalue weighted by molar-refractivity contribution is 5.41. The van der Waals surface area contributed by atoms with Gasteiger partial charge in [-0.1, -0.05) is 19.1 Å². The van der Waals surface area contributed by atoms with Crippen molar-refractivity contribution >= 4 is 0 Å². The summed E-state index contributed by atoms with van der Waals surface area (Å²) < 4.78 is 11.4. The van der Waals surface area contributed by atoms with Gasteiger partial charge in [0.15, 0.2) is 0 Å². The summed E-state index contributed by atoms with van der Waals surface area (Å²) in [4.78, 5) is 2.39. The Morgan fingerprint density at radius 3 is 3.16 bits per heavy atom. The molecular weight excluding hydrogens is 240 g/mol. The molecule has 0 saturated carbocycles. The zero-order valence-electron chi connectivity index (χ0n) is 11.5. The minimum absolute atomic E-state index is 0.0553. The maximum absolute atomic E-state index is 6.39. The molecule has 0 aromatic heterocycles. The molecule has 1 saturated heterocycles. The molecule has 0 spiro atoms. The van der Waals surface area contributed by atoms with Gasteiger partial charge in [-0.2, -0.15) is 0 Å². The van der Waals surface area contributed by atoms with Crippen molar-refractivity contribution in [2.75, 3.05) is 32.8 Å². The van der Waals surface area contributed by atoms with Crippen LogP contribution in [0.2, 0.25) is 0 Å². The molecule has 0 radical (unpaired) electrons. The smallest absolute Gasteiger partial charge is 0.122 e. The van der Waals surface area contributed by atoms with E-state index in [1.165, 1.54) is 5.56 Å². The first kappa shape index (κ1) is 12.9. The number of rotatable bonds is 3. The van der Waals surface area contributed by atoms with Crippen LogP contribution in [0.1, 0.15) is 24.1 Å². The molecule has 3 rings (SSSR count). The standard InChI is InChI=1S/C15H22N2O2/c1-2-17-6-8-19-14(10-17)15(16)12-3-4-13-11(9-12)5-7-18-13/h3-4,9,14-15H,2,5-8,10,16H2,1H3. The second-order valence-corrected chi connectivity index (χ2v) is 5.29. The van der Waals surface area contributed by atoms with Crippen LogP contribution >= 0.6 is 0 Å². The molecule has 1 fully saturated rings. The lowest BCUT2D eigenvalue weighted by Crippen LogP contribution is -2.46. The third-order valence-electron chi connectivity index (χ3n) is 4.12. The highest BCUT2D eigenvalue weighted by Gasteiger charge is 2.27. The molecule has 1 aromatic rings. The van der Waals surface area contributed by atoms with Gasteiger partial charge in [0.25, 0.3) is 0 Å². The van der Waals surface area contributed by atoms with E-state index < -0.39 is 0 Å². The van der Waals surface area contributed by atoms with Gasteiger partial charge in [0.05, 0.1) is 25.4 Å². The summed E-state index contributed by atoms with van der Waals surface area (Å²) in [7, 11) is 0. The lowest BCUT2D eigenvalue weighted by Gasteiger charge is -2.35. The van der Waals surface area contributed by atoms with Gasteiger partial charge in [0.1, 0.15) is 5.75 Å². The Balaban J connectivity index is 1.74. The molecule has 104 valence electrons. The number of nitrogens with zero attached hydrogens (tertiary/aromatic N) is 1. The van der Waals surface area contributed by atoms with Crippen molar-refractivity contribution in [1.82, 2.24) is 4.90 Å². The van der Waals surface area contributed by atoms with Crippen molar-refractivity contribution in [2.45, 2.75) is 25.5 Å². The van der Waals surface area contributed by atoms with Gasteiger partial charge in [0, 0.05) is 19.5 Å². The quantitative estimate of drug-likeness (QED) is 0.893. The maximum atomic E-state index is 6.39. The van der Waals surface area contributed by atoms with Crippen LogP contribution in [0, 0.1) is 0 Å². The van der Waals surface area contributed by atoms with Gasteiger partial charge in [-0.15, -0.1) is 0 Å². The van der Waals surface area contributed by atoms with Crippen LogP contribution in [0.25, 0.3) is 0 Å². The fraction of sp³-hybridized carbons (Fsp3) is 0.600. The number of nitrogens with two attached hydrogens (primary N) is 1. The Morgan fingerprint density at radius 1 is 1.42 bits per heavy atom. The molecule has 2 N–H and O–H groups in total. The lowest BCUT2D eigenvalue weighted by molar-refractivity contribution is -0.0392. The van der Waals surface area contributed by atoms with Gasteiger partial charge < -0.3 is 15.2 Å². The molecule has 1 aromatic carbocycles. The Hall–Kier alpha value is -1.10. The first-order valence-electron chi connectivity index (χ1n) is 7.13. The Labute approximate surface area is 114 Å². The van der Waals surface area contributed by atoms with Gasteiger partial charge in [-0.3, -0.25) is 4.90 Å². The van der Waals surface area contributed by atoms with E-state index in [1.807, 2.05) is 6.07 Å². The first-order valence-corrected chi connectivity index (χ1v) is 7.13. The molecule has 4 nitrogen and oxygen atoms in total. The number of fused-ring (bicyclic) bond motifs is 1. The number of morpholine rings is 1. The molecular formula is C15H22N2O2. The summed E-state index contributed by atoms with van der Waals surface area (Å²) in [6.45, 7) is 6.74. The van der Waals surface area contributed by atoms with E-state index in [4.69, 9.17) is 15.2 Å². The van der Waals surface area contributed by atoms with E-state index in [0.29, 0.717) is 0 Å². The van der Waals surface area contributed by atoms with E-state index in [9.17, 15) is 0 Å². The number of hydrogen-bond donors (Lipinski definition) is 1. The van der Waals surface area contributed by atoms with E-state index in [2.05, 4.69) is 24.0 Å². The third kappa shape index (κ3) is 2.61. The van der Waals surface area contributed by atoms with Crippen molar-refractivity contribution in [2.24, 2.45) is 5.73 Å². The minimum atomic E-state index is -0.0553. The maximum Gasteiger partial charge on any atom is 0.122 e. The minimum Gasteiger partial charge on any atom is -0.493 e. The highest BCUT2D eigenvalue weighted by atomic mass is 16.5. The number of likely N-dealkylation sites (N-methyl/N-ethyl adjacent to an activating group) is 1. The summed E-state index contributed by atoms with van der Waals surface area (Å²) >= 11 is 0. The summed E-state index contributed by atoms with van der Waals surface area (Å²) in [6.07, 6.45) is 1.08. The van der Waals surface area contributed by atoms with Crippen molar-refractivity contribution < 1.29 is 9.47 Å². The Bertz CT molecular complexity index is 450. The monoisotopic (exact) mass is 262 g/mol. The Kier molecular flexibility index (Phi) is 3.73. The van der Waals surface area contributed by atoms with Gasteiger partial charge in [-0.05, 0) is 23.7 Å². The van der Waals surface area contributed by atoms with Crippen LogP contribution in [0.4, 0.5) is 0 Å². The molecule has 0 bridgehead atoms. The molecule has 0 aliphatic carbocycles. The van der Waals surface area contributed by atoms with Gasteiger partial charge in [-0.25, -0.2) is 0 Å². The zero-order chi connectivity index (χ0) is 13.2. The number of benzene rings is 1. The summed E-state index contributed by atoms with van der Waals surface area (Å²) in [6, 6.07) is 6.24. The van der Waals surface area contributed by atoms with Crippen LogP contribution in [0.3, 0.4) is 0 Å². The fourth-order valence-electron chi connectivity index (χ4n) is 2.86. The second-order valence-electron chi connectivity index (χ2n) is 5.29. The zero-order valence-corrected chi connectivity index (χ0v) is 11.5. The predicted octanol–water partition coefficient (Wildman–Crippen LogP) is 1.34. The predicted molar refractivity (Wildman–Crippen MR) is 74.4 cm³/mol. The molecule has 2 aliphatic heterocycles. The lowest BCUT2D eigenvalue weighted by atomic mass is 9.98. The number of hydrogen-bond acceptors (Lipinski definition) is 4. The molecule has 4 heteroatoms. The van der Waals surface area contributed by atoms with E-state index in [1.54, 1.807) is 0 Å². The molecule has 2 aliphatic rings. The van der Waals surface area contributed by atoms with E-state index >= 15 is 0 Å². The van der Waals surface area contributed by atoms with Crippen LogP contribution in [0.5, 0.6) is 5.75 Å². The highest BCUT2D eigenvalue weighted by Crippen LogP contribution is 2.29. The number of ether oxygens (including phenoxy) is 2. The normalized spacial score (nSPS) is 24.8. The average molecular weight is 262 g/mol. The average Bonchev–Trinajstić information content (AvgIpc) is 2.94. The van der Waals surface area contributed by atoms with Crippen molar-refractivity contribution in [3.05, 3.63) is 29.3 Å². The fourth-order valence-corrected chi connectivity index (χ4v) is 2.86. The molecule has 2 unspecified atom stereocenters. The van der Waals surface area contributed by atoms with Crippen LogP contribution in [-0.4, -0.2) is 43.9 Å². The molecule has 19 heavy (non-hydrogen) atoms. The van der Waals surface area contributed by atoms with Crippen molar-refractivity contribution in [3.8, 4) is 5.75 Å². The van der Waals surface area contributed by atoms with Gasteiger partial charge in [0.2, 0.25) is 0 Å². The third-order valence-corrected chi connectivity index (χ3v) is 4.12. The SMILES string of the molecule is CCN1CCOC(C(N)c2ccc3c(c2)CCO3)C1. The van der Waals surface area contributed by atoms with Crippen LogP contribution < -0.4 is 10.5 Å². The Morgan fingerprint density at radius 2 is 2.32 bits per heavy atom. The molecule has 2 heterocycles. The van der Waals surface area contributed by atoms with Crippen LogP contribution in [-0.2, 0) is 11.2 Å². The van der Waals surface area contributed by atoms with Crippen molar-refractivity contribution in [1.29, 1.82) is 0 Å². The second kappa shape index (κ2) is 5.49. The molecule has 0 amide bonds.